The molecule has 0 aromatic heterocycles. The molecule has 19 heavy (non-hydrogen) atoms. The average Bonchev–Trinajstić information content (AvgIpc) is 2.41. The van der Waals surface area contributed by atoms with Gasteiger partial charge in [-0.1, -0.05) is 30.3 Å². The minimum absolute atomic E-state index is 0.228. The van der Waals surface area contributed by atoms with Crippen LogP contribution in [-0.4, -0.2) is 7.05 Å². The van der Waals surface area contributed by atoms with Gasteiger partial charge in [0, 0.05) is 19.5 Å². The first kappa shape index (κ1) is 13.9. The molecule has 0 spiro atoms. The topological polar surface area (TPSA) is 3.24 Å². The molecule has 100 valence electrons. The summed E-state index contributed by atoms with van der Waals surface area (Å²) in [5.74, 6) is 0.104. The van der Waals surface area contributed by atoms with E-state index in [2.05, 4.69) is 19.1 Å². The Morgan fingerprint density at radius 3 is 2.53 bits per heavy atom. The second-order valence-corrected chi connectivity index (χ2v) is 4.97. The Kier molecular flexibility index (Phi) is 4.43. The third-order valence-electron chi connectivity index (χ3n) is 3.25. The zero-order chi connectivity index (χ0) is 13.8. The van der Waals surface area contributed by atoms with Crippen molar-refractivity contribution in [2.75, 3.05) is 11.9 Å². The molecule has 2 aromatic rings. The first-order valence-electron chi connectivity index (χ1n) is 6.22. The van der Waals surface area contributed by atoms with Crippen molar-refractivity contribution in [2.24, 2.45) is 0 Å². The monoisotopic (exact) mass is 277 g/mol. The number of hydrogen-bond acceptors (Lipinski definition) is 1. The molecule has 0 saturated heterocycles. The number of alkyl halides is 1. The third kappa shape index (κ3) is 3.27. The molecular weight excluding hydrogens is 261 g/mol. The number of benzene rings is 2. The van der Waals surface area contributed by atoms with Crippen molar-refractivity contribution in [1.29, 1.82) is 0 Å². The molecule has 0 atom stereocenters. The van der Waals surface area contributed by atoms with Crippen molar-refractivity contribution in [2.45, 2.75) is 19.3 Å². The predicted octanol–water partition coefficient (Wildman–Crippen LogP) is 4.51. The second kappa shape index (κ2) is 6.07. The summed E-state index contributed by atoms with van der Waals surface area (Å²) in [6.45, 7) is 2.75. The normalized spacial score (nSPS) is 10.5. The molecule has 0 aliphatic heterocycles. The highest BCUT2D eigenvalue weighted by molar-refractivity contribution is 6.17. The van der Waals surface area contributed by atoms with Crippen LogP contribution in [0, 0.1) is 12.7 Å². The number of aryl methyl sites for hydroxylation is 1. The Hall–Kier alpha value is -1.54. The lowest BCUT2D eigenvalue weighted by Crippen LogP contribution is -2.18. The van der Waals surface area contributed by atoms with E-state index in [-0.39, 0.29) is 5.82 Å². The van der Waals surface area contributed by atoms with Crippen molar-refractivity contribution >= 4 is 17.3 Å². The fraction of sp³-hybridized carbons (Fsp3) is 0.250. The standard InChI is InChI=1S/C16H17ClFN/c1-12-5-3-4-6-14(12)11-19(2)16-8-7-13(10-17)9-15(16)18/h3-9H,10-11H2,1-2H3. The Labute approximate surface area is 118 Å². The van der Waals surface area contributed by atoms with Crippen LogP contribution in [0.1, 0.15) is 16.7 Å². The van der Waals surface area contributed by atoms with Gasteiger partial charge in [0.15, 0.2) is 0 Å². The lowest BCUT2D eigenvalue weighted by Gasteiger charge is -2.21. The zero-order valence-electron chi connectivity index (χ0n) is 11.2. The number of rotatable bonds is 4. The van der Waals surface area contributed by atoms with Gasteiger partial charge in [-0.25, -0.2) is 4.39 Å². The first-order chi connectivity index (χ1) is 9.11. The highest BCUT2D eigenvalue weighted by Crippen LogP contribution is 2.22. The smallest absolute Gasteiger partial charge is 0.146 e. The van der Waals surface area contributed by atoms with Gasteiger partial charge in [0.2, 0.25) is 0 Å². The van der Waals surface area contributed by atoms with Gasteiger partial charge in [0.25, 0.3) is 0 Å². The van der Waals surface area contributed by atoms with Gasteiger partial charge in [-0.15, -0.1) is 11.6 Å². The van der Waals surface area contributed by atoms with Crippen LogP contribution in [0.2, 0.25) is 0 Å². The molecule has 0 amide bonds. The molecule has 0 aliphatic rings. The maximum atomic E-state index is 14.0. The zero-order valence-corrected chi connectivity index (χ0v) is 11.9. The van der Waals surface area contributed by atoms with Crippen molar-refractivity contribution < 1.29 is 4.39 Å². The number of nitrogens with zero attached hydrogens (tertiary/aromatic N) is 1. The lowest BCUT2D eigenvalue weighted by molar-refractivity contribution is 0.621. The van der Waals surface area contributed by atoms with Crippen molar-refractivity contribution in [3.8, 4) is 0 Å². The highest BCUT2D eigenvalue weighted by Gasteiger charge is 2.09. The van der Waals surface area contributed by atoms with E-state index in [0.29, 0.717) is 18.1 Å². The average molecular weight is 278 g/mol. The molecule has 0 saturated carbocycles. The van der Waals surface area contributed by atoms with Gasteiger partial charge in [-0.2, -0.15) is 0 Å². The highest BCUT2D eigenvalue weighted by atomic mass is 35.5. The minimum atomic E-state index is -0.228. The minimum Gasteiger partial charge on any atom is -0.368 e. The molecule has 0 radical (unpaired) electrons. The summed E-state index contributed by atoms with van der Waals surface area (Å²) in [7, 11) is 1.89. The first-order valence-corrected chi connectivity index (χ1v) is 6.75. The SMILES string of the molecule is Cc1ccccc1CN(C)c1ccc(CCl)cc1F. The van der Waals surface area contributed by atoms with E-state index >= 15 is 0 Å². The van der Waals surface area contributed by atoms with E-state index in [1.54, 1.807) is 6.07 Å². The third-order valence-corrected chi connectivity index (χ3v) is 3.56. The predicted molar refractivity (Wildman–Crippen MR) is 79.2 cm³/mol. The molecule has 3 heteroatoms. The Morgan fingerprint density at radius 1 is 1.16 bits per heavy atom. The van der Waals surface area contributed by atoms with Crippen LogP contribution in [-0.2, 0) is 12.4 Å². The molecule has 1 nitrogen and oxygen atoms in total. The molecule has 0 N–H and O–H groups in total. The van der Waals surface area contributed by atoms with Crippen LogP contribution in [0.25, 0.3) is 0 Å². The molecule has 0 heterocycles. The molecule has 2 aromatic carbocycles. The van der Waals surface area contributed by atoms with Gasteiger partial charge in [0.05, 0.1) is 5.69 Å². The maximum Gasteiger partial charge on any atom is 0.146 e. The van der Waals surface area contributed by atoms with Crippen LogP contribution >= 0.6 is 11.6 Å². The summed E-state index contributed by atoms with van der Waals surface area (Å²) >= 11 is 5.70. The van der Waals surface area contributed by atoms with Gasteiger partial charge in [-0.3, -0.25) is 0 Å². The largest absolute Gasteiger partial charge is 0.368 e. The van der Waals surface area contributed by atoms with Gasteiger partial charge in [0.1, 0.15) is 5.82 Å². The van der Waals surface area contributed by atoms with E-state index in [4.69, 9.17) is 11.6 Å². The lowest BCUT2D eigenvalue weighted by atomic mass is 10.1. The van der Waals surface area contributed by atoms with Crippen molar-refractivity contribution in [1.82, 2.24) is 0 Å². The molecule has 0 unspecified atom stereocenters. The second-order valence-electron chi connectivity index (χ2n) is 4.70. The Bertz CT molecular complexity index is 568. The van der Waals surface area contributed by atoms with Gasteiger partial charge >= 0.3 is 0 Å². The van der Waals surface area contributed by atoms with Crippen LogP contribution < -0.4 is 4.90 Å². The van der Waals surface area contributed by atoms with Crippen LogP contribution in [0.3, 0.4) is 0 Å². The molecule has 0 aliphatic carbocycles. The summed E-state index contributed by atoms with van der Waals surface area (Å²) in [5, 5.41) is 0. The molecule has 0 fully saturated rings. The van der Waals surface area contributed by atoms with E-state index < -0.39 is 0 Å². The fourth-order valence-electron chi connectivity index (χ4n) is 2.07. The summed E-state index contributed by atoms with van der Waals surface area (Å²) in [5.41, 5.74) is 3.81. The fourth-order valence-corrected chi connectivity index (χ4v) is 2.24. The van der Waals surface area contributed by atoms with E-state index in [1.807, 2.05) is 30.1 Å². The molecule has 2 rings (SSSR count). The van der Waals surface area contributed by atoms with Gasteiger partial charge in [-0.05, 0) is 35.7 Å². The van der Waals surface area contributed by atoms with E-state index in [1.165, 1.54) is 17.2 Å². The Balaban J connectivity index is 2.21. The molecular formula is C16H17ClFN. The van der Waals surface area contributed by atoms with Crippen LogP contribution in [0.4, 0.5) is 10.1 Å². The number of hydrogen-bond donors (Lipinski definition) is 0. The van der Waals surface area contributed by atoms with Crippen LogP contribution in [0.5, 0.6) is 0 Å². The van der Waals surface area contributed by atoms with E-state index in [0.717, 1.165) is 5.56 Å². The summed E-state index contributed by atoms with van der Waals surface area (Å²) in [6.07, 6.45) is 0. The molecule has 0 bridgehead atoms. The van der Waals surface area contributed by atoms with Crippen molar-refractivity contribution in [3.05, 3.63) is 65.0 Å². The summed E-state index contributed by atoms with van der Waals surface area (Å²) < 4.78 is 14.0. The number of halogens is 2. The van der Waals surface area contributed by atoms with Crippen LogP contribution in [0.15, 0.2) is 42.5 Å². The quantitative estimate of drug-likeness (QED) is 0.743. The van der Waals surface area contributed by atoms with E-state index in [9.17, 15) is 4.39 Å². The maximum absolute atomic E-state index is 14.0. The summed E-state index contributed by atoms with van der Waals surface area (Å²) in [6, 6.07) is 13.3. The summed E-state index contributed by atoms with van der Waals surface area (Å²) in [4.78, 5) is 1.91. The number of anilines is 1. The van der Waals surface area contributed by atoms with Gasteiger partial charge < -0.3 is 4.90 Å². The van der Waals surface area contributed by atoms with Crippen molar-refractivity contribution in [3.63, 3.8) is 0 Å². The Morgan fingerprint density at radius 2 is 1.89 bits per heavy atom.